The van der Waals surface area contributed by atoms with Crippen molar-refractivity contribution in [2.75, 3.05) is 11.9 Å². The molecule has 3 atom stereocenters. The van der Waals surface area contributed by atoms with Gasteiger partial charge in [0.2, 0.25) is 0 Å². The molecule has 0 aromatic carbocycles. The number of carbonyl (C=O) groups is 1. The first kappa shape index (κ1) is 11.5. The van der Waals surface area contributed by atoms with Crippen LogP contribution in [0.1, 0.15) is 36.0 Å². The Morgan fingerprint density at radius 1 is 1.44 bits per heavy atom. The van der Waals surface area contributed by atoms with Gasteiger partial charge in [-0.2, -0.15) is 0 Å². The average Bonchev–Trinajstić information content (AvgIpc) is 2.98. The van der Waals surface area contributed by atoms with E-state index in [0.717, 1.165) is 24.3 Å². The van der Waals surface area contributed by atoms with E-state index in [1.54, 1.807) is 18.3 Å². The second-order valence-electron chi connectivity index (χ2n) is 5.58. The fraction of sp³-hybridized carbons (Fsp3) is 0.571. The van der Waals surface area contributed by atoms with Crippen molar-refractivity contribution in [2.24, 2.45) is 23.5 Å². The highest BCUT2D eigenvalue weighted by Crippen LogP contribution is 2.48. The Bertz CT molecular complexity index is 460. The molecule has 96 valence electrons. The number of primary amides is 1. The van der Waals surface area contributed by atoms with Gasteiger partial charge in [-0.1, -0.05) is 6.42 Å². The monoisotopic (exact) mass is 245 g/mol. The number of nitrogens with one attached hydrogen (secondary N) is 1. The summed E-state index contributed by atoms with van der Waals surface area (Å²) < 4.78 is 0. The highest BCUT2D eigenvalue weighted by atomic mass is 16.1. The Kier molecular flexibility index (Phi) is 2.94. The van der Waals surface area contributed by atoms with Crippen molar-refractivity contribution in [3.63, 3.8) is 0 Å². The summed E-state index contributed by atoms with van der Waals surface area (Å²) in [6, 6.07) is 3.46. The van der Waals surface area contributed by atoms with Crippen LogP contribution < -0.4 is 11.1 Å². The van der Waals surface area contributed by atoms with Gasteiger partial charge in [0.05, 0.1) is 5.56 Å². The van der Waals surface area contributed by atoms with E-state index >= 15 is 0 Å². The maximum absolute atomic E-state index is 11.3. The van der Waals surface area contributed by atoms with E-state index < -0.39 is 5.91 Å². The van der Waals surface area contributed by atoms with Crippen molar-refractivity contribution in [2.45, 2.75) is 25.7 Å². The molecule has 3 N–H and O–H groups in total. The van der Waals surface area contributed by atoms with Crippen LogP contribution in [0.3, 0.4) is 0 Å². The van der Waals surface area contributed by atoms with Crippen molar-refractivity contribution in [3.05, 3.63) is 23.9 Å². The van der Waals surface area contributed by atoms with E-state index in [2.05, 4.69) is 10.3 Å². The van der Waals surface area contributed by atoms with Gasteiger partial charge in [0, 0.05) is 12.7 Å². The van der Waals surface area contributed by atoms with Crippen LogP contribution in [0, 0.1) is 17.8 Å². The largest absolute Gasteiger partial charge is 0.369 e. The number of nitrogens with two attached hydrogens (primary N) is 1. The molecular weight excluding hydrogens is 226 g/mol. The van der Waals surface area contributed by atoms with E-state index in [1.807, 2.05) is 0 Å². The smallest absolute Gasteiger partial charge is 0.252 e. The van der Waals surface area contributed by atoms with E-state index in [4.69, 9.17) is 5.73 Å². The first-order chi connectivity index (χ1) is 8.74. The summed E-state index contributed by atoms with van der Waals surface area (Å²) in [5.74, 6) is 2.78. The van der Waals surface area contributed by atoms with Gasteiger partial charge in [0.15, 0.2) is 0 Å². The molecule has 2 bridgehead atoms. The summed E-state index contributed by atoms with van der Waals surface area (Å²) in [6.45, 7) is 0.915. The summed E-state index contributed by atoms with van der Waals surface area (Å²) in [5.41, 5.74) is 5.83. The summed E-state index contributed by atoms with van der Waals surface area (Å²) in [4.78, 5) is 15.5. The Hall–Kier alpha value is -1.58. The molecule has 2 fully saturated rings. The number of fused-ring (bicyclic) bond motifs is 2. The standard InChI is InChI=1S/C14H19N3O/c15-13(18)12-2-1-5-16-14(12)17-8-11-7-9-3-4-10(11)6-9/h1-2,5,9-11H,3-4,6-8H2,(H2,15,18)(H,16,17). The predicted octanol–water partition coefficient (Wildman–Crippen LogP) is 2.03. The molecule has 2 aliphatic rings. The maximum atomic E-state index is 11.3. The number of rotatable bonds is 4. The molecule has 1 aromatic heterocycles. The molecular formula is C14H19N3O. The van der Waals surface area contributed by atoms with Gasteiger partial charge in [0.25, 0.3) is 5.91 Å². The van der Waals surface area contributed by atoms with Gasteiger partial charge < -0.3 is 11.1 Å². The van der Waals surface area contributed by atoms with Crippen molar-refractivity contribution in [3.8, 4) is 0 Å². The van der Waals surface area contributed by atoms with Crippen LogP contribution in [0.15, 0.2) is 18.3 Å². The molecule has 4 heteroatoms. The first-order valence-electron chi connectivity index (χ1n) is 6.72. The molecule has 1 amide bonds. The van der Waals surface area contributed by atoms with Gasteiger partial charge in [0.1, 0.15) is 5.82 Å². The Balaban J connectivity index is 1.65. The van der Waals surface area contributed by atoms with Crippen molar-refractivity contribution in [1.29, 1.82) is 0 Å². The molecule has 0 saturated heterocycles. The maximum Gasteiger partial charge on any atom is 0.252 e. The quantitative estimate of drug-likeness (QED) is 0.852. The molecule has 2 saturated carbocycles. The number of carbonyl (C=O) groups excluding carboxylic acids is 1. The van der Waals surface area contributed by atoms with Gasteiger partial charge in [-0.05, 0) is 49.1 Å². The number of nitrogens with zero attached hydrogens (tertiary/aromatic N) is 1. The van der Waals surface area contributed by atoms with E-state index in [-0.39, 0.29) is 0 Å². The van der Waals surface area contributed by atoms with Gasteiger partial charge in [-0.3, -0.25) is 4.79 Å². The fourth-order valence-electron chi connectivity index (χ4n) is 3.60. The summed E-state index contributed by atoms with van der Waals surface area (Å²) in [5, 5.41) is 3.31. The highest BCUT2D eigenvalue weighted by Gasteiger charge is 2.39. The van der Waals surface area contributed by atoms with Crippen LogP contribution in [-0.4, -0.2) is 17.4 Å². The summed E-state index contributed by atoms with van der Waals surface area (Å²) in [6.07, 6.45) is 7.21. The van der Waals surface area contributed by atoms with Gasteiger partial charge in [-0.15, -0.1) is 0 Å². The lowest BCUT2D eigenvalue weighted by atomic mass is 9.89. The topological polar surface area (TPSA) is 68.0 Å². The molecule has 3 rings (SSSR count). The number of pyridine rings is 1. The first-order valence-corrected chi connectivity index (χ1v) is 6.72. The number of anilines is 1. The Labute approximate surface area is 107 Å². The van der Waals surface area contributed by atoms with Gasteiger partial charge >= 0.3 is 0 Å². The molecule has 2 aliphatic carbocycles. The third kappa shape index (κ3) is 2.07. The Morgan fingerprint density at radius 3 is 3.00 bits per heavy atom. The zero-order chi connectivity index (χ0) is 12.5. The third-order valence-corrected chi connectivity index (χ3v) is 4.49. The van der Waals surface area contributed by atoms with Crippen LogP contribution in [-0.2, 0) is 0 Å². The zero-order valence-corrected chi connectivity index (χ0v) is 10.4. The third-order valence-electron chi connectivity index (χ3n) is 4.49. The fourth-order valence-corrected chi connectivity index (χ4v) is 3.60. The van der Waals surface area contributed by atoms with Crippen LogP contribution >= 0.6 is 0 Å². The van der Waals surface area contributed by atoms with Crippen LogP contribution in [0.2, 0.25) is 0 Å². The zero-order valence-electron chi connectivity index (χ0n) is 10.4. The summed E-state index contributed by atoms with van der Waals surface area (Å²) >= 11 is 0. The highest BCUT2D eigenvalue weighted by molar-refractivity contribution is 5.97. The van der Waals surface area contributed by atoms with Crippen LogP contribution in [0.4, 0.5) is 5.82 Å². The summed E-state index contributed by atoms with van der Waals surface area (Å²) in [7, 11) is 0. The number of hydrogen-bond donors (Lipinski definition) is 2. The molecule has 1 heterocycles. The van der Waals surface area contributed by atoms with E-state index in [0.29, 0.717) is 11.4 Å². The van der Waals surface area contributed by atoms with Gasteiger partial charge in [-0.25, -0.2) is 4.98 Å². The number of hydrogen-bond acceptors (Lipinski definition) is 3. The molecule has 18 heavy (non-hydrogen) atoms. The van der Waals surface area contributed by atoms with E-state index in [9.17, 15) is 4.79 Å². The molecule has 0 radical (unpaired) electrons. The second kappa shape index (κ2) is 4.59. The average molecular weight is 245 g/mol. The Morgan fingerprint density at radius 2 is 2.33 bits per heavy atom. The minimum Gasteiger partial charge on any atom is -0.369 e. The second-order valence-corrected chi connectivity index (χ2v) is 5.58. The lowest BCUT2D eigenvalue weighted by Crippen LogP contribution is -2.22. The molecule has 4 nitrogen and oxygen atoms in total. The van der Waals surface area contributed by atoms with Crippen LogP contribution in [0.5, 0.6) is 0 Å². The SMILES string of the molecule is NC(=O)c1cccnc1NCC1CC2CCC1C2. The predicted molar refractivity (Wildman–Crippen MR) is 70.2 cm³/mol. The number of amides is 1. The molecule has 0 spiro atoms. The van der Waals surface area contributed by atoms with Crippen molar-refractivity contribution < 1.29 is 4.79 Å². The lowest BCUT2D eigenvalue weighted by Gasteiger charge is -2.22. The molecule has 3 unspecified atom stereocenters. The van der Waals surface area contributed by atoms with Crippen LogP contribution in [0.25, 0.3) is 0 Å². The van der Waals surface area contributed by atoms with Crippen molar-refractivity contribution >= 4 is 11.7 Å². The minimum absolute atomic E-state index is 0.418. The molecule has 1 aromatic rings. The minimum atomic E-state index is -0.418. The normalized spacial score (nSPS) is 29.4. The lowest BCUT2D eigenvalue weighted by molar-refractivity contribution is 0.100. The molecule has 0 aliphatic heterocycles. The number of aromatic nitrogens is 1. The van der Waals surface area contributed by atoms with Crippen molar-refractivity contribution in [1.82, 2.24) is 4.98 Å². The van der Waals surface area contributed by atoms with E-state index in [1.165, 1.54) is 25.7 Å².